The Hall–Kier alpha value is -2.92. The highest BCUT2D eigenvalue weighted by molar-refractivity contribution is 6.43. The van der Waals surface area contributed by atoms with Crippen LogP contribution < -0.4 is 0 Å². The fraction of sp³-hybridized carbons (Fsp3) is 0.568. The number of rotatable bonds is 9. The molecule has 0 aromatic heterocycles. The van der Waals surface area contributed by atoms with Crippen molar-refractivity contribution >= 4 is 23.1 Å². The fourth-order valence-electron chi connectivity index (χ4n) is 8.89. The first-order valence-corrected chi connectivity index (χ1v) is 15.4. The summed E-state index contributed by atoms with van der Waals surface area (Å²) >= 11 is 0. The molecule has 224 valence electrons. The van der Waals surface area contributed by atoms with Crippen LogP contribution in [0.2, 0.25) is 0 Å². The Balaban J connectivity index is 1.78. The summed E-state index contributed by atoms with van der Waals surface area (Å²) in [5.74, 6) is -2.56. The molecule has 0 amide bonds. The molecule has 1 saturated heterocycles. The Kier molecular flexibility index (Phi) is 7.13. The van der Waals surface area contributed by atoms with Gasteiger partial charge in [0.1, 0.15) is 5.41 Å². The number of benzene rings is 1. The lowest BCUT2D eigenvalue weighted by atomic mass is 9.27. The molecular weight excluding hydrogens is 524 g/mol. The van der Waals surface area contributed by atoms with E-state index in [0.717, 1.165) is 24.0 Å². The van der Waals surface area contributed by atoms with Crippen molar-refractivity contribution in [3.8, 4) is 0 Å². The van der Waals surface area contributed by atoms with Gasteiger partial charge in [0.2, 0.25) is 0 Å². The van der Waals surface area contributed by atoms with Gasteiger partial charge in [0.15, 0.2) is 28.5 Å². The van der Waals surface area contributed by atoms with Gasteiger partial charge in [-0.05, 0) is 85.5 Å². The fourth-order valence-corrected chi connectivity index (χ4v) is 8.89. The van der Waals surface area contributed by atoms with Gasteiger partial charge in [-0.15, -0.1) is 0 Å². The van der Waals surface area contributed by atoms with E-state index in [4.69, 9.17) is 4.74 Å². The first-order valence-electron chi connectivity index (χ1n) is 15.4. The quantitative estimate of drug-likeness (QED) is 0.133. The number of Topliss-reactive ketones (excluding diaryl/α,β-unsaturated/α-hetero) is 4. The summed E-state index contributed by atoms with van der Waals surface area (Å²) in [6.07, 6.45) is 7.74. The maximum Gasteiger partial charge on any atom is 0.184 e. The maximum absolute atomic E-state index is 15.4. The summed E-state index contributed by atoms with van der Waals surface area (Å²) < 4.78 is 6.50. The number of hydrogen-bond acceptors (Lipinski definition) is 5. The molecule has 1 aromatic carbocycles. The molecule has 5 heteroatoms. The minimum atomic E-state index is -1.96. The van der Waals surface area contributed by atoms with Crippen LogP contribution in [-0.4, -0.2) is 34.8 Å². The van der Waals surface area contributed by atoms with Gasteiger partial charge in [0.05, 0.1) is 17.1 Å². The van der Waals surface area contributed by atoms with Gasteiger partial charge in [-0.2, -0.15) is 0 Å². The molecule has 42 heavy (non-hydrogen) atoms. The largest absolute Gasteiger partial charge is 0.366 e. The third-order valence-corrected chi connectivity index (χ3v) is 10.9. The van der Waals surface area contributed by atoms with Crippen molar-refractivity contribution in [3.63, 3.8) is 0 Å². The van der Waals surface area contributed by atoms with E-state index in [-0.39, 0.29) is 24.2 Å². The van der Waals surface area contributed by atoms with Crippen LogP contribution >= 0.6 is 0 Å². The molecule has 0 N–H and O–H groups in total. The molecule has 6 rings (SSSR count). The average molecular weight is 571 g/mol. The molecule has 5 nitrogen and oxygen atoms in total. The number of carbonyl (C=O) groups excluding carboxylic acids is 4. The van der Waals surface area contributed by atoms with Gasteiger partial charge in [0.25, 0.3) is 0 Å². The lowest BCUT2D eigenvalue weighted by Gasteiger charge is -2.70. The number of epoxide rings is 1. The summed E-state index contributed by atoms with van der Waals surface area (Å²) in [5.41, 5.74) is -3.13. The van der Waals surface area contributed by atoms with Crippen molar-refractivity contribution in [3.05, 3.63) is 70.8 Å². The second-order valence-corrected chi connectivity index (χ2v) is 14.8. The Labute approximate surface area is 250 Å². The Morgan fingerprint density at radius 1 is 0.857 bits per heavy atom. The van der Waals surface area contributed by atoms with Crippen molar-refractivity contribution in [1.82, 2.24) is 0 Å². The Bertz CT molecular complexity index is 1450. The minimum absolute atomic E-state index is 0.200. The summed E-state index contributed by atoms with van der Waals surface area (Å²) in [5, 5.41) is 0. The normalized spacial score (nSPS) is 37.4. The van der Waals surface area contributed by atoms with E-state index in [1.807, 2.05) is 53.7 Å². The second-order valence-electron chi connectivity index (χ2n) is 14.8. The van der Waals surface area contributed by atoms with Crippen LogP contribution in [0, 0.1) is 33.5 Å². The zero-order valence-corrected chi connectivity index (χ0v) is 26.7. The third kappa shape index (κ3) is 3.84. The first kappa shape index (κ1) is 30.5. The first-order chi connectivity index (χ1) is 19.5. The number of hydrogen-bond donors (Lipinski definition) is 0. The molecular formula is C37H46O5. The van der Waals surface area contributed by atoms with Crippen LogP contribution in [0.3, 0.4) is 0 Å². The molecule has 5 fully saturated rings. The topological polar surface area (TPSA) is 80.8 Å². The number of ether oxygens (including phenoxy) is 1. The molecule has 1 heterocycles. The monoisotopic (exact) mass is 570 g/mol. The van der Waals surface area contributed by atoms with E-state index in [1.54, 1.807) is 30.3 Å². The number of carbonyl (C=O) groups is 4. The molecule has 7 atom stereocenters. The average Bonchev–Trinajstić information content (AvgIpc) is 3.57. The Morgan fingerprint density at radius 2 is 1.48 bits per heavy atom. The van der Waals surface area contributed by atoms with Crippen molar-refractivity contribution in [2.75, 3.05) is 0 Å². The highest BCUT2D eigenvalue weighted by Gasteiger charge is 2.89. The van der Waals surface area contributed by atoms with Crippen LogP contribution in [0.1, 0.15) is 98.4 Å². The van der Waals surface area contributed by atoms with Gasteiger partial charge in [-0.25, -0.2) is 0 Å². The number of ketones is 4. The molecule has 1 aromatic rings. The lowest BCUT2D eigenvalue weighted by molar-refractivity contribution is -0.210. The van der Waals surface area contributed by atoms with E-state index in [2.05, 4.69) is 26.8 Å². The molecule has 5 aliphatic rings. The predicted molar refractivity (Wildman–Crippen MR) is 164 cm³/mol. The van der Waals surface area contributed by atoms with Gasteiger partial charge in [-0.3, -0.25) is 19.2 Å². The van der Waals surface area contributed by atoms with Gasteiger partial charge in [-0.1, -0.05) is 79.1 Å². The third-order valence-electron chi connectivity index (χ3n) is 10.9. The highest BCUT2D eigenvalue weighted by Crippen LogP contribution is 2.77. The smallest absolute Gasteiger partial charge is 0.184 e. The van der Waals surface area contributed by atoms with E-state index in [0.29, 0.717) is 12.0 Å². The summed E-state index contributed by atoms with van der Waals surface area (Å²) in [7, 11) is 0. The number of allylic oxidation sites excluding steroid dienone is 6. The minimum Gasteiger partial charge on any atom is -0.366 e. The van der Waals surface area contributed by atoms with E-state index < -0.39 is 50.5 Å². The zero-order valence-electron chi connectivity index (χ0n) is 26.7. The molecule has 4 aliphatic carbocycles. The second kappa shape index (κ2) is 9.80. The highest BCUT2D eigenvalue weighted by atomic mass is 16.6. The van der Waals surface area contributed by atoms with Crippen LogP contribution in [0.15, 0.2) is 65.3 Å². The van der Waals surface area contributed by atoms with Gasteiger partial charge < -0.3 is 4.74 Å². The predicted octanol–water partition coefficient (Wildman–Crippen LogP) is 7.45. The van der Waals surface area contributed by atoms with Crippen LogP contribution in [0.25, 0.3) is 0 Å². The van der Waals surface area contributed by atoms with Crippen LogP contribution in [0.4, 0.5) is 0 Å². The maximum atomic E-state index is 15.4. The van der Waals surface area contributed by atoms with Crippen LogP contribution in [-0.2, 0) is 19.1 Å². The molecule has 0 radical (unpaired) electrons. The molecule has 4 bridgehead atoms. The molecule has 7 unspecified atom stereocenters. The molecule has 4 saturated carbocycles. The van der Waals surface area contributed by atoms with Crippen molar-refractivity contribution in [2.24, 2.45) is 33.5 Å². The molecule has 1 aliphatic heterocycles. The summed E-state index contributed by atoms with van der Waals surface area (Å²) in [6.45, 7) is 17.7. The van der Waals surface area contributed by atoms with E-state index in [9.17, 15) is 9.59 Å². The summed E-state index contributed by atoms with van der Waals surface area (Å²) in [4.78, 5) is 60.1. The van der Waals surface area contributed by atoms with Crippen molar-refractivity contribution in [1.29, 1.82) is 0 Å². The van der Waals surface area contributed by atoms with E-state index in [1.165, 1.54) is 5.57 Å². The van der Waals surface area contributed by atoms with Gasteiger partial charge >= 0.3 is 0 Å². The lowest BCUT2D eigenvalue weighted by Crippen LogP contribution is -2.83. The van der Waals surface area contributed by atoms with Gasteiger partial charge in [0, 0.05) is 11.5 Å². The van der Waals surface area contributed by atoms with E-state index >= 15 is 9.59 Å². The SMILES string of the molecule is CC(C)=CCCC1(C)OC1C1C2CC3(CC=C(C)C)C(=O)C1(C=C(C)C)C(=O)C(C(=O)c1ccccc1)(C3=O)C2(C)C. The van der Waals surface area contributed by atoms with Crippen LogP contribution in [0.5, 0.6) is 0 Å². The zero-order chi connectivity index (χ0) is 31.0. The standard InChI is InChI=1S/C37H46O5/c1-22(2)14-13-18-34(9)29(42-34)27-26-21-35(19-17-23(3)4)30(39)36(27,20-24(5)6)32(41)37(31(35)40,33(26,7)8)28(38)25-15-11-10-12-16-25/h10-12,14-17,20,26-27,29H,13,18-19,21H2,1-9H3. The van der Waals surface area contributed by atoms with Crippen molar-refractivity contribution < 1.29 is 23.9 Å². The Morgan fingerprint density at radius 3 is 2.05 bits per heavy atom. The summed E-state index contributed by atoms with van der Waals surface area (Å²) in [6, 6.07) is 8.68. The molecule has 0 spiro atoms. The van der Waals surface area contributed by atoms with Crippen molar-refractivity contribution in [2.45, 2.75) is 99.7 Å².